The Morgan fingerprint density at radius 2 is 2.22 bits per heavy atom. The zero-order chi connectivity index (χ0) is 12.9. The van der Waals surface area contributed by atoms with Crippen molar-refractivity contribution < 1.29 is 9.90 Å². The number of ketones is 1. The zero-order valence-corrected chi connectivity index (χ0v) is 11.9. The highest BCUT2D eigenvalue weighted by molar-refractivity contribution is 9.12. The van der Waals surface area contributed by atoms with Crippen LogP contribution >= 0.6 is 15.9 Å². The lowest BCUT2D eigenvalue weighted by molar-refractivity contribution is -0.115. The molecule has 2 aliphatic rings. The first kappa shape index (κ1) is 12.0. The first-order valence-electron chi connectivity index (χ1n) is 6.33. The molecule has 0 spiro atoms. The maximum absolute atomic E-state index is 12.0. The van der Waals surface area contributed by atoms with Gasteiger partial charge in [0.2, 0.25) is 0 Å². The molecule has 18 heavy (non-hydrogen) atoms. The van der Waals surface area contributed by atoms with Crippen molar-refractivity contribution >= 4 is 27.3 Å². The van der Waals surface area contributed by atoms with Gasteiger partial charge in [0.15, 0.2) is 5.78 Å². The zero-order valence-electron chi connectivity index (χ0n) is 10.3. The van der Waals surface area contributed by atoms with Crippen LogP contribution in [0.1, 0.15) is 37.3 Å². The van der Waals surface area contributed by atoms with Crippen molar-refractivity contribution in [2.45, 2.75) is 32.6 Å². The van der Waals surface area contributed by atoms with E-state index in [4.69, 9.17) is 0 Å². The average molecular weight is 307 g/mol. The number of Topliss-reactive ketones (excluding diaryl/α,β-unsaturated/α-hetero) is 1. The molecule has 0 saturated heterocycles. The number of rotatable bonds is 1. The van der Waals surface area contributed by atoms with Gasteiger partial charge in [-0.2, -0.15) is 0 Å². The fraction of sp³-hybridized carbons (Fsp3) is 0.400. The van der Waals surface area contributed by atoms with E-state index in [1.54, 1.807) is 6.07 Å². The van der Waals surface area contributed by atoms with E-state index in [1.807, 2.05) is 12.1 Å². The summed E-state index contributed by atoms with van der Waals surface area (Å²) in [5, 5.41) is 9.57. The van der Waals surface area contributed by atoms with E-state index in [2.05, 4.69) is 22.9 Å². The Morgan fingerprint density at radius 1 is 1.44 bits per heavy atom. The molecule has 1 N–H and O–H groups in total. The van der Waals surface area contributed by atoms with Crippen LogP contribution in [-0.4, -0.2) is 10.9 Å². The summed E-state index contributed by atoms with van der Waals surface area (Å²) in [6.07, 6.45) is 3.55. The van der Waals surface area contributed by atoms with Crippen LogP contribution in [0.15, 0.2) is 22.7 Å². The lowest BCUT2D eigenvalue weighted by atomic mass is 9.67. The molecule has 2 nitrogen and oxygen atoms in total. The van der Waals surface area contributed by atoms with Gasteiger partial charge >= 0.3 is 0 Å². The number of phenols is 1. The third-order valence-corrected chi connectivity index (χ3v) is 5.24. The predicted octanol–water partition coefficient (Wildman–Crippen LogP) is 3.81. The molecule has 1 atom stereocenters. The number of fused-ring (bicyclic) bond motifs is 3. The minimum atomic E-state index is 0.0138. The fourth-order valence-corrected chi connectivity index (χ4v) is 4.12. The Hall–Kier alpha value is -1.09. The van der Waals surface area contributed by atoms with Crippen LogP contribution in [0.25, 0.3) is 5.57 Å². The van der Waals surface area contributed by atoms with Gasteiger partial charge in [0.05, 0.1) is 4.48 Å². The van der Waals surface area contributed by atoms with E-state index in [-0.39, 0.29) is 11.2 Å². The molecule has 0 amide bonds. The minimum Gasteiger partial charge on any atom is -0.508 e. The lowest BCUT2D eigenvalue weighted by Gasteiger charge is -2.36. The van der Waals surface area contributed by atoms with Crippen LogP contribution in [0.5, 0.6) is 5.75 Å². The lowest BCUT2D eigenvalue weighted by Crippen LogP contribution is -2.25. The summed E-state index contributed by atoms with van der Waals surface area (Å²) in [6.45, 7) is 2.16. The number of halogens is 1. The Bertz CT molecular complexity index is 574. The maximum Gasteiger partial charge on any atom is 0.171 e. The Balaban J connectivity index is 2.25. The summed E-state index contributed by atoms with van der Waals surface area (Å²) in [7, 11) is 0. The standard InChI is InChI=1S/C15H15BrO2/c1-2-15-6-5-9-7-10(17)3-4-11(9)13(15)14(16)12(18)8-15/h3-4,7,17H,2,5-6,8H2,1H3. The summed E-state index contributed by atoms with van der Waals surface area (Å²) < 4.78 is 0.746. The van der Waals surface area contributed by atoms with Crippen LogP contribution in [0.2, 0.25) is 0 Å². The van der Waals surface area contributed by atoms with Crippen LogP contribution in [0, 0.1) is 5.41 Å². The van der Waals surface area contributed by atoms with Crippen LogP contribution in [0.4, 0.5) is 0 Å². The van der Waals surface area contributed by atoms with E-state index < -0.39 is 0 Å². The van der Waals surface area contributed by atoms with Crippen molar-refractivity contribution in [2.24, 2.45) is 5.41 Å². The molecule has 2 aliphatic carbocycles. The van der Waals surface area contributed by atoms with E-state index in [0.717, 1.165) is 40.4 Å². The van der Waals surface area contributed by atoms with Crippen molar-refractivity contribution in [3.63, 3.8) is 0 Å². The van der Waals surface area contributed by atoms with Gasteiger partial charge in [0.25, 0.3) is 0 Å². The third-order valence-electron chi connectivity index (χ3n) is 4.40. The summed E-state index contributed by atoms with van der Waals surface area (Å²) in [5.74, 6) is 0.520. The Kier molecular flexibility index (Phi) is 2.63. The third kappa shape index (κ3) is 1.50. The van der Waals surface area contributed by atoms with Crippen LogP contribution in [0.3, 0.4) is 0 Å². The molecule has 0 aromatic heterocycles. The van der Waals surface area contributed by atoms with Gasteiger partial charge in [-0.05, 0) is 64.0 Å². The molecule has 3 rings (SSSR count). The SMILES string of the molecule is CCC12CCc3cc(O)ccc3C1=C(Br)C(=O)C2. The average Bonchev–Trinajstić information content (AvgIpc) is 2.62. The molecule has 0 heterocycles. The molecular weight excluding hydrogens is 292 g/mol. The summed E-state index contributed by atoms with van der Waals surface area (Å²) in [6, 6.07) is 5.48. The van der Waals surface area contributed by atoms with Gasteiger partial charge in [-0.25, -0.2) is 0 Å². The van der Waals surface area contributed by atoms with E-state index in [9.17, 15) is 9.90 Å². The molecule has 0 bridgehead atoms. The second-order valence-electron chi connectivity index (χ2n) is 5.26. The van der Waals surface area contributed by atoms with Crippen molar-refractivity contribution in [1.29, 1.82) is 0 Å². The molecule has 94 valence electrons. The van der Waals surface area contributed by atoms with E-state index >= 15 is 0 Å². The van der Waals surface area contributed by atoms with Crippen molar-refractivity contribution in [3.8, 4) is 5.75 Å². The van der Waals surface area contributed by atoms with Gasteiger partial charge in [-0.15, -0.1) is 0 Å². The second-order valence-corrected chi connectivity index (χ2v) is 6.06. The molecular formula is C15H15BrO2. The van der Waals surface area contributed by atoms with Crippen molar-refractivity contribution in [3.05, 3.63) is 33.8 Å². The van der Waals surface area contributed by atoms with Crippen molar-refractivity contribution in [2.75, 3.05) is 0 Å². The highest BCUT2D eigenvalue weighted by Gasteiger charge is 2.46. The van der Waals surface area contributed by atoms with E-state index in [0.29, 0.717) is 12.2 Å². The van der Waals surface area contributed by atoms with Gasteiger partial charge in [0.1, 0.15) is 5.75 Å². The normalized spacial score (nSPS) is 26.2. The first-order chi connectivity index (χ1) is 8.57. The number of aryl methyl sites for hydroxylation is 1. The van der Waals surface area contributed by atoms with Gasteiger partial charge in [0, 0.05) is 11.8 Å². The maximum atomic E-state index is 12.0. The largest absolute Gasteiger partial charge is 0.508 e. The van der Waals surface area contributed by atoms with Crippen molar-refractivity contribution in [1.82, 2.24) is 0 Å². The highest BCUT2D eigenvalue weighted by Crippen LogP contribution is 2.56. The molecule has 1 unspecified atom stereocenters. The molecule has 0 saturated carbocycles. The topological polar surface area (TPSA) is 37.3 Å². The van der Waals surface area contributed by atoms with Gasteiger partial charge < -0.3 is 5.11 Å². The minimum absolute atomic E-state index is 0.0138. The summed E-state index contributed by atoms with van der Waals surface area (Å²) >= 11 is 3.48. The molecule has 3 heteroatoms. The molecule has 1 aromatic rings. The second kappa shape index (κ2) is 3.95. The van der Waals surface area contributed by atoms with Gasteiger partial charge in [-0.3, -0.25) is 4.79 Å². The highest BCUT2D eigenvalue weighted by atomic mass is 79.9. The number of carbonyl (C=O) groups excluding carboxylic acids is 1. The number of carbonyl (C=O) groups is 1. The fourth-order valence-electron chi connectivity index (χ4n) is 3.35. The molecule has 0 fully saturated rings. The number of hydrogen-bond donors (Lipinski definition) is 1. The number of aromatic hydroxyl groups is 1. The molecule has 1 aromatic carbocycles. The van der Waals surface area contributed by atoms with Gasteiger partial charge in [-0.1, -0.05) is 13.0 Å². The monoisotopic (exact) mass is 306 g/mol. The van der Waals surface area contributed by atoms with E-state index in [1.165, 1.54) is 0 Å². The Labute approximate surface area is 115 Å². The van der Waals surface area contributed by atoms with Crippen LogP contribution in [-0.2, 0) is 11.2 Å². The van der Waals surface area contributed by atoms with Crippen LogP contribution < -0.4 is 0 Å². The first-order valence-corrected chi connectivity index (χ1v) is 7.12. The summed E-state index contributed by atoms with van der Waals surface area (Å²) in [5.41, 5.74) is 3.47. The summed E-state index contributed by atoms with van der Waals surface area (Å²) in [4.78, 5) is 12.0. The Morgan fingerprint density at radius 3 is 2.94 bits per heavy atom. The smallest absolute Gasteiger partial charge is 0.171 e. The number of allylic oxidation sites excluding steroid dienone is 2. The number of benzene rings is 1. The number of phenolic OH excluding ortho intramolecular Hbond substituents is 1. The molecule has 0 aliphatic heterocycles. The quantitative estimate of drug-likeness (QED) is 0.856. The number of hydrogen-bond acceptors (Lipinski definition) is 2. The molecule has 0 radical (unpaired) electrons. The predicted molar refractivity (Wildman–Crippen MR) is 74.6 cm³/mol.